The number of allylic oxidation sites excluding steroid dienone is 2. The van der Waals surface area contributed by atoms with Gasteiger partial charge in [-0.25, -0.2) is 0 Å². The minimum atomic E-state index is 0.724. The minimum Gasteiger partial charge on any atom is -0.316 e. The van der Waals surface area contributed by atoms with Gasteiger partial charge < -0.3 is 5.32 Å². The zero-order chi connectivity index (χ0) is 11.0. The molecule has 0 aromatic heterocycles. The van der Waals surface area contributed by atoms with Gasteiger partial charge in [0.2, 0.25) is 0 Å². The first kappa shape index (κ1) is 10.8. The molecule has 2 bridgehead atoms. The zero-order valence-electron chi connectivity index (χ0n) is 10.5. The standard InChI is InChI=1S/C15H25N/c1-2-5-15(6-7-15)11-16-10-14-9-12-3-4-13(14)8-12/h3-4,12-14,16H,2,5-11H2,1H3. The van der Waals surface area contributed by atoms with Crippen LogP contribution in [0.25, 0.3) is 0 Å². The molecule has 0 radical (unpaired) electrons. The van der Waals surface area contributed by atoms with Crippen LogP contribution in [0.4, 0.5) is 0 Å². The lowest BCUT2D eigenvalue weighted by atomic mass is 9.93. The average molecular weight is 219 g/mol. The molecule has 0 saturated heterocycles. The number of fused-ring (bicyclic) bond motifs is 2. The molecule has 16 heavy (non-hydrogen) atoms. The molecule has 90 valence electrons. The summed E-state index contributed by atoms with van der Waals surface area (Å²) in [7, 11) is 0. The smallest absolute Gasteiger partial charge is 0.000793 e. The van der Waals surface area contributed by atoms with Crippen LogP contribution in [-0.2, 0) is 0 Å². The summed E-state index contributed by atoms with van der Waals surface area (Å²) in [5, 5.41) is 3.77. The van der Waals surface area contributed by atoms with Crippen LogP contribution in [0.5, 0.6) is 0 Å². The molecule has 0 aromatic carbocycles. The van der Waals surface area contributed by atoms with E-state index in [1.165, 1.54) is 51.6 Å². The van der Waals surface area contributed by atoms with Crippen molar-refractivity contribution in [2.75, 3.05) is 13.1 Å². The number of rotatable bonds is 6. The predicted octanol–water partition coefficient (Wildman–Crippen LogP) is 3.37. The maximum atomic E-state index is 3.77. The van der Waals surface area contributed by atoms with Crippen molar-refractivity contribution in [3.63, 3.8) is 0 Å². The Morgan fingerprint density at radius 1 is 1.25 bits per heavy atom. The fraction of sp³-hybridized carbons (Fsp3) is 0.867. The Bertz CT molecular complexity index is 277. The van der Waals surface area contributed by atoms with Gasteiger partial charge in [-0.2, -0.15) is 0 Å². The Labute approximate surface area is 99.7 Å². The summed E-state index contributed by atoms with van der Waals surface area (Å²) in [6.45, 7) is 4.89. The van der Waals surface area contributed by atoms with Gasteiger partial charge in [-0.05, 0) is 61.8 Å². The molecule has 0 heterocycles. The van der Waals surface area contributed by atoms with Crippen LogP contribution in [0.1, 0.15) is 45.4 Å². The van der Waals surface area contributed by atoms with Crippen molar-refractivity contribution in [1.82, 2.24) is 5.32 Å². The molecule has 0 aromatic rings. The molecule has 1 N–H and O–H groups in total. The van der Waals surface area contributed by atoms with Gasteiger partial charge in [0.15, 0.2) is 0 Å². The number of nitrogens with one attached hydrogen (secondary N) is 1. The third-order valence-corrected chi connectivity index (χ3v) is 5.06. The van der Waals surface area contributed by atoms with Crippen molar-refractivity contribution in [3.8, 4) is 0 Å². The highest BCUT2D eigenvalue weighted by Gasteiger charge is 2.41. The van der Waals surface area contributed by atoms with Crippen LogP contribution in [0.15, 0.2) is 12.2 Å². The monoisotopic (exact) mass is 219 g/mol. The zero-order valence-corrected chi connectivity index (χ0v) is 10.5. The summed E-state index contributed by atoms with van der Waals surface area (Å²) >= 11 is 0. The lowest BCUT2D eigenvalue weighted by Crippen LogP contribution is -2.30. The third kappa shape index (κ3) is 2.07. The second kappa shape index (κ2) is 4.18. The largest absolute Gasteiger partial charge is 0.316 e. The topological polar surface area (TPSA) is 12.0 Å². The van der Waals surface area contributed by atoms with Crippen LogP contribution >= 0.6 is 0 Å². The number of hydrogen-bond acceptors (Lipinski definition) is 1. The molecule has 1 nitrogen and oxygen atoms in total. The van der Waals surface area contributed by atoms with E-state index < -0.39 is 0 Å². The summed E-state index contributed by atoms with van der Waals surface area (Å²) in [6, 6.07) is 0. The Balaban J connectivity index is 1.39. The molecule has 0 spiro atoms. The highest BCUT2D eigenvalue weighted by atomic mass is 14.9. The first-order valence-corrected chi connectivity index (χ1v) is 7.20. The molecule has 2 fully saturated rings. The first-order chi connectivity index (χ1) is 7.81. The van der Waals surface area contributed by atoms with Crippen LogP contribution in [0, 0.1) is 23.2 Å². The van der Waals surface area contributed by atoms with Crippen molar-refractivity contribution in [2.24, 2.45) is 23.2 Å². The van der Waals surface area contributed by atoms with E-state index in [2.05, 4.69) is 24.4 Å². The fourth-order valence-electron chi connectivity index (χ4n) is 3.87. The maximum Gasteiger partial charge on any atom is 0.000793 e. The second-order valence-electron chi connectivity index (χ2n) is 6.42. The van der Waals surface area contributed by atoms with Gasteiger partial charge in [0.1, 0.15) is 0 Å². The summed E-state index contributed by atoms with van der Waals surface area (Å²) in [4.78, 5) is 0. The van der Waals surface area contributed by atoms with E-state index >= 15 is 0 Å². The number of hydrogen-bond donors (Lipinski definition) is 1. The van der Waals surface area contributed by atoms with E-state index in [9.17, 15) is 0 Å². The molecule has 0 aliphatic heterocycles. The van der Waals surface area contributed by atoms with Gasteiger partial charge in [0.25, 0.3) is 0 Å². The van der Waals surface area contributed by atoms with Crippen LogP contribution < -0.4 is 5.32 Å². The molecule has 1 heteroatoms. The SMILES string of the molecule is CCCC1(CNCC2CC3C=CC2C3)CC1. The third-order valence-electron chi connectivity index (χ3n) is 5.06. The molecular formula is C15H25N. The summed E-state index contributed by atoms with van der Waals surface area (Å²) in [6.07, 6.45) is 13.6. The van der Waals surface area contributed by atoms with E-state index in [-0.39, 0.29) is 0 Å². The lowest BCUT2D eigenvalue weighted by molar-refractivity contribution is 0.365. The Morgan fingerprint density at radius 3 is 2.69 bits per heavy atom. The van der Waals surface area contributed by atoms with Gasteiger partial charge >= 0.3 is 0 Å². The predicted molar refractivity (Wildman–Crippen MR) is 68.3 cm³/mol. The Kier molecular flexibility index (Phi) is 2.83. The minimum absolute atomic E-state index is 0.724. The van der Waals surface area contributed by atoms with Gasteiger partial charge in [-0.15, -0.1) is 0 Å². The summed E-state index contributed by atoms with van der Waals surface area (Å²) < 4.78 is 0. The summed E-state index contributed by atoms with van der Waals surface area (Å²) in [5.74, 6) is 2.80. The second-order valence-corrected chi connectivity index (χ2v) is 6.42. The molecule has 0 amide bonds. The van der Waals surface area contributed by atoms with Crippen molar-refractivity contribution in [1.29, 1.82) is 0 Å². The maximum absolute atomic E-state index is 3.77. The van der Waals surface area contributed by atoms with Crippen LogP contribution in [0.3, 0.4) is 0 Å². The molecule has 3 atom stereocenters. The Hall–Kier alpha value is -0.300. The van der Waals surface area contributed by atoms with Crippen molar-refractivity contribution >= 4 is 0 Å². The van der Waals surface area contributed by atoms with Crippen LogP contribution in [0.2, 0.25) is 0 Å². The molecule has 3 rings (SSSR count). The quantitative estimate of drug-likeness (QED) is 0.675. The van der Waals surface area contributed by atoms with Crippen molar-refractivity contribution in [3.05, 3.63) is 12.2 Å². The first-order valence-electron chi connectivity index (χ1n) is 7.20. The molecule has 3 unspecified atom stereocenters. The highest BCUT2D eigenvalue weighted by molar-refractivity contribution is 5.10. The van der Waals surface area contributed by atoms with E-state index in [1.54, 1.807) is 0 Å². The molecular weight excluding hydrogens is 194 g/mol. The van der Waals surface area contributed by atoms with Crippen molar-refractivity contribution < 1.29 is 0 Å². The molecule has 2 saturated carbocycles. The van der Waals surface area contributed by atoms with Gasteiger partial charge in [0.05, 0.1) is 0 Å². The van der Waals surface area contributed by atoms with Gasteiger partial charge in [0, 0.05) is 6.54 Å². The summed E-state index contributed by atoms with van der Waals surface area (Å²) in [5.41, 5.74) is 0.724. The lowest BCUT2D eigenvalue weighted by Gasteiger charge is -2.21. The Morgan fingerprint density at radius 2 is 2.12 bits per heavy atom. The average Bonchev–Trinajstić information content (AvgIpc) is 2.75. The van der Waals surface area contributed by atoms with E-state index in [0.29, 0.717) is 0 Å². The molecule has 3 aliphatic rings. The molecule has 3 aliphatic carbocycles. The van der Waals surface area contributed by atoms with E-state index in [1.807, 2.05) is 0 Å². The van der Waals surface area contributed by atoms with Crippen LogP contribution in [-0.4, -0.2) is 13.1 Å². The fourth-order valence-corrected chi connectivity index (χ4v) is 3.87. The van der Waals surface area contributed by atoms with Crippen molar-refractivity contribution in [2.45, 2.75) is 45.4 Å². The van der Waals surface area contributed by atoms with E-state index in [4.69, 9.17) is 0 Å². The van der Waals surface area contributed by atoms with E-state index in [0.717, 1.165) is 23.2 Å². The van der Waals surface area contributed by atoms with Gasteiger partial charge in [-0.1, -0.05) is 25.5 Å². The normalized spacial score (nSPS) is 38.2. The van der Waals surface area contributed by atoms with Gasteiger partial charge in [-0.3, -0.25) is 0 Å². The highest BCUT2D eigenvalue weighted by Crippen LogP contribution is 2.49.